The zero-order valence-electron chi connectivity index (χ0n) is 14.6. The van der Waals surface area contributed by atoms with Crippen LogP contribution < -0.4 is 14.8 Å². The molecule has 0 radical (unpaired) electrons. The Kier molecular flexibility index (Phi) is 4.23. The average molecular weight is 538 g/mol. The van der Waals surface area contributed by atoms with E-state index in [-0.39, 0.29) is 18.6 Å². The van der Waals surface area contributed by atoms with Gasteiger partial charge in [0.25, 0.3) is 0 Å². The Balaban J connectivity index is 1.63. The highest BCUT2D eigenvalue weighted by atomic mass is 127. The van der Waals surface area contributed by atoms with Crippen LogP contribution in [0.25, 0.3) is 0 Å². The SMILES string of the molecule is CC(=O)c1cc(I)c2c(c1)[C@@H]1C=CC[C@@H]1[C@H](c1cc3c(cc1Br)OCO3)N2. The van der Waals surface area contributed by atoms with Crippen molar-refractivity contribution in [3.63, 3.8) is 0 Å². The monoisotopic (exact) mass is 537 g/mol. The van der Waals surface area contributed by atoms with Crippen molar-refractivity contribution < 1.29 is 14.3 Å². The van der Waals surface area contributed by atoms with Gasteiger partial charge in [0.2, 0.25) is 6.79 Å². The molecule has 0 bridgehead atoms. The number of carbonyl (C=O) groups excluding carboxylic acids is 1. The van der Waals surface area contributed by atoms with Crippen LogP contribution in [0.15, 0.2) is 40.9 Å². The van der Waals surface area contributed by atoms with E-state index < -0.39 is 0 Å². The second kappa shape index (κ2) is 6.51. The van der Waals surface area contributed by atoms with Gasteiger partial charge in [-0.05, 0) is 77.2 Å². The van der Waals surface area contributed by atoms with Crippen molar-refractivity contribution >= 4 is 50.0 Å². The van der Waals surface area contributed by atoms with Gasteiger partial charge in [-0.2, -0.15) is 0 Å². The fraction of sp³-hybridized carbons (Fsp3) is 0.286. The van der Waals surface area contributed by atoms with Gasteiger partial charge in [0.1, 0.15) is 0 Å². The molecule has 2 aromatic carbocycles. The van der Waals surface area contributed by atoms with Crippen LogP contribution in [0.3, 0.4) is 0 Å². The molecular weight excluding hydrogens is 521 g/mol. The summed E-state index contributed by atoms with van der Waals surface area (Å²) in [6, 6.07) is 8.26. The van der Waals surface area contributed by atoms with Gasteiger partial charge in [-0.1, -0.05) is 28.1 Å². The van der Waals surface area contributed by atoms with E-state index in [0.29, 0.717) is 11.8 Å². The molecule has 0 spiro atoms. The molecule has 0 unspecified atom stereocenters. The van der Waals surface area contributed by atoms with Crippen LogP contribution in [0, 0.1) is 9.49 Å². The summed E-state index contributed by atoms with van der Waals surface area (Å²) in [5.41, 5.74) is 4.30. The maximum atomic E-state index is 11.9. The molecule has 3 aliphatic rings. The number of fused-ring (bicyclic) bond motifs is 4. The molecule has 1 aliphatic carbocycles. The van der Waals surface area contributed by atoms with Crippen molar-refractivity contribution in [3.05, 3.63) is 61.2 Å². The molecule has 3 atom stereocenters. The Morgan fingerprint density at radius 2 is 1.96 bits per heavy atom. The predicted molar refractivity (Wildman–Crippen MR) is 116 cm³/mol. The quantitative estimate of drug-likeness (QED) is 0.298. The number of benzene rings is 2. The summed E-state index contributed by atoms with van der Waals surface area (Å²) in [5, 5.41) is 3.77. The van der Waals surface area contributed by atoms with Crippen LogP contribution in [0.2, 0.25) is 0 Å². The Labute approximate surface area is 179 Å². The number of allylic oxidation sites excluding steroid dienone is 2. The lowest BCUT2D eigenvalue weighted by molar-refractivity contribution is 0.101. The maximum Gasteiger partial charge on any atom is 0.231 e. The molecule has 6 heteroatoms. The predicted octanol–water partition coefficient (Wildman–Crippen LogP) is 5.81. The van der Waals surface area contributed by atoms with Gasteiger partial charge in [0.15, 0.2) is 17.3 Å². The summed E-state index contributed by atoms with van der Waals surface area (Å²) >= 11 is 6.06. The van der Waals surface area contributed by atoms with Gasteiger partial charge >= 0.3 is 0 Å². The van der Waals surface area contributed by atoms with Crippen LogP contribution >= 0.6 is 38.5 Å². The first-order chi connectivity index (χ1) is 13.0. The van der Waals surface area contributed by atoms with Gasteiger partial charge in [-0.3, -0.25) is 4.79 Å². The van der Waals surface area contributed by atoms with Crippen LogP contribution in [0.1, 0.15) is 46.8 Å². The number of anilines is 1. The van der Waals surface area contributed by atoms with Crippen LogP contribution in [-0.2, 0) is 0 Å². The largest absolute Gasteiger partial charge is 0.454 e. The average Bonchev–Trinajstić information content (AvgIpc) is 3.29. The lowest BCUT2D eigenvalue weighted by Crippen LogP contribution is -2.30. The van der Waals surface area contributed by atoms with Crippen molar-refractivity contribution in [2.45, 2.75) is 25.3 Å². The fourth-order valence-electron chi connectivity index (χ4n) is 4.34. The lowest BCUT2D eigenvalue weighted by Gasteiger charge is -2.38. The van der Waals surface area contributed by atoms with Gasteiger partial charge in [-0.15, -0.1) is 0 Å². The molecule has 2 aromatic rings. The molecule has 0 amide bonds. The topological polar surface area (TPSA) is 47.6 Å². The number of hydrogen-bond donors (Lipinski definition) is 1. The van der Waals surface area contributed by atoms with E-state index >= 15 is 0 Å². The Hall–Kier alpha value is -1.54. The van der Waals surface area contributed by atoms with E-state index in [2.05, 4.69) is 68.1 Å². The maximum absolute atomic E-state index is 11.9. The Bertz CT molecular complexity index is 1000. The van der Waals surface area contributed by atoms with Gasteiger partial charge in [-0.25, -0.2) is 0 Å². The third-order valence-corrected chi connectivity index (χ3v) is 7.19. The number of hydrogen-bond acceptors (Lipinski definition) is 4. The third-order valence-electron chi connectivity index (χ3n) is 5.65. The van der Waals surface area contributed by atoms with Crippen molar-refractivity contribution in [1.29, 1.82) is 0 Å². The zero-order chi connectivity index (χ0) is 18.7. The van der Waals surface area contributed by atoms with E-state index in [1.54, 1.807) is 6.92 Å². The second-order valence-electron chi connectivity index (χ2n) is 7.18. The van der Waals surface area contributed by atoms with Crippen molar-refractivity contribution in [1.82, 2.24) is 0 Å². The highest BCUT2D eigenvalue weighted by Crippen LogP contribution is 2.53. The summed E-state index contributed by atoms with van der Waals surface area (Å²) in [5.74, 6) is 2.38. The highest BCUT2D eigenvalue weighted by molar-refractivity contribution is 14.1. The summed E-state index contributed by atoms with van der Waals surface area (Å²) in [4.78, 5) is 11.9. The van der Waals surface area contributed by atoms with Gasteiger partial charge in [0.05, 0.1) is 11.7 Å². The second-order valence-corrected chi connectivity index (χ2v) is 9.20. The summed E-state index contributed by atoms with van der Waals surface area (Å²) < 4.78 is 13.2. The van der Waals surface area contributed by atoms with Crippen molar-refractivity contribution in [3.8, 4) is 11.5 Å². The van der Waals surface area contributed by atoms with Crippen molar-refractivity contribution in [2.24, 2.45) is 5.92 Å². The number of Topliss-reactive ketones (excluding diaryl/α,β-unsaturated/α-hetero) is 1. The van der Waals surface area contributed by atoms with Crippen molar-refractivity contribution in [2.75, 3.05) is 12.1 Å². The number of halogens is 2. The summed E-state index contributed by atoms with van der Waals surface area (Å²) in [6.45, 7) is 1.90. The Morgan fingerprint density at radius 3 is 2.74 bits per heavy atom. The zero-order valence-corrected chi connectivity index (χ0v) is 18.3. The van der Waals surface area contributed by atoms with E-state index in [4.69, 9.17) is 9.47 Å². The molecule has 2 aliphatic heterocycles. The Morgan fingerprint density at radius 1 is 1.19 bits per heavy atom. The fourth-order valence-corrected chi connectivity index (χ4v) is 5.71. The standard InChI is InChI=1S/C21H17BrINO3/c1-10(25)11-5-14-12-3-2-4-13(12)20(24-21(14)17(23)6-11)15-7-18-19(8-16(15)22)27-9-26-18/h2-3,5-8,12-13,20,24H,4,9H2,1H3/t12-,13+,20-/m1/s1. The molecule has 0 saturated carbocycles. The van der Waals surface area contributed by atoms with Crippen LogP contribution in [-0.4, -0.2) is 12.6 Å². The minimum absolute atomic E-state index is 0.106. The number of rotatable bonds is 2. The molecule has 1 N–H and O–H groups in total. The number of carbonyl (C=O) groups is 1. The lowest BCUT2D eigenvalue weighted by atomic mass is 9.76. The minimum Gasteiger partial charge on any atom is -0.454 e. The van der Waals surface area contributed by atoms with E-state index in [9.17, 15) is 4.79 Å². The minimum atomic E-state index is 0.106. The first-order valence-corrected chi connectivity index (χ1v) is 10.8. The van der Waals surface area contributed by atoms with E-state index in [1.807, 2.05) is 12.1 Å². The molecule has 0 saturated heterocycles. The first-order valence-electron chi connectivity index (χ1n) is 8.89. The molecule has 0 fully saturated rings. The smallest absolute Gasteiger partial charge is 0.231 e. The third kappa shape index (κ3) is 2.79. The summed E-state index contributed by atoms with van der Waals surface area (Å²) in [6.07, 6.45) is 5.55. The molecule has 2 heterocycles. The number of ether oxygens (including phenoxy) is 2. The summed E-state index contributed by atoms with van der Waals surface area (Å²) in [7, 11) is 0. The molecule has 27 heavy (non-hydrogen) atoms. The highest BCUT2D eigenvalue weighted by Gasteiger charge is 2.40. The molecule has 5 rings (SSSR count). The molecule has 4 nitrogen and oxygen atoms in total. The first kappa shape index (κ1) is 17.6. The normalized spacial score (nSPS) is 24.3. The van der Waals surface area contributed by atoms with Crippen LogP contribution in [0.5, 0.6) is 11.5 Å². The van der Waals surface area contributed by atoms with Crippen LogP contribution in [0.4, 0.5) is 5.69 Å². The van der Waals surface area contributed by atoms with E-state index in [0.717, 1.165) is 37.2 Å². The number of ketones is 1. The van der Waals surface area contributed by atoms with Gasteiger partial charge in [0, 0.05) is 19.5 Å². The van der Waals surface area contributed by atoms with E-state index in [1.165, 1.54) is 11.1 Å². The molecular formula is C21H17BrINO3. The number of nitrogens with one attached hydrogen (secondary N) is 1. The molecule has 0 aromatic heterocycles. The molecule has 138 valence electrons. The van der Waals surface area contributed by atoms with Gasteiger partial charge < -0.3 is 14.8 Å².